The summed E-state index contributed by atoms with van der Waals surface area (Å²) < 4.78 is 76.8. The Bertz CT molecular complexity index is 664. The zero-order chi connectivity index (χ0) is 34.2. The number of hydrogen-bond acceptors (Lipinski definition) is 15. The highest BCUT2D eigenvalue weighted by molar-refractivity contribution is 4.80. The first-order valence-electron chi connectivity index (χ1n) is 15.8. The molecule has 47 heavy (non-hydrogen) atoms. The van der Waals surface area contributed by atoms with Crippen LogP contribution in [-0.2, 0) is 66.3 Å². The van der Waals surface area contributed by atoms with Gasteiger partial charge in [-0.15, -0.1) is 6.58 Å². The monoisotopic (exact) mass is 685 g/mol. The Morgan fingerprint density at radius 3 is 1.15 bits per heavy atom. The van der Waals surface area contributed by atoms with Gasteiger partial charge in [-0.1, -0.05) is 11.2 Å². The second-order valence-electron chi connectivity index (χ2n) is 9.72. The molecule has 0 unspecified atom stereocenters. The second-order valence-corrected chi connectivity index (χ2v) is 9.72. The third-order valence-corrected chi connectivity index (χ3v) is 5.65. The third-order valence-electron chi connectivity index (χ3n) is 5.65. The molecule has 0 aliphatic rings. The van der Waals surface area contributed by atoms with Gasteiger partial charge < -0.3 is 66.3 Å². The number of methoxy groups -OCH3 is 2. The first kappa shape index (κ1) is 45.5. The van der Waals surface area contributed by atoms with Crippen molar-refractivity contribution < 1.29 is 66.3 Å². The van der Waals surface area contributed by atoms with Crippen LogP contribution in [-0.4, -0.2) is 180 Å². The van der Waals surface area contributed by atoms with Gasteiger partial charge in [-0.3, -0.25) is 0 Å². The number of nitrogens with zero attached hydrogens (tertiary/aromatic N) is 3. The molecule has 0 heterocycles. The Morgan fingerprint density at radius 2 is 0.809 bits per heavy atom. The molecule has 0 aromatic carbocycles. The third kappa shape index (κ3) is 34.2. The highest BCUT2D eigenvalue weighted by Crippen LogP contribution is 2.21. The Morgan fingerprint density at radius 1 is 0.489 bits per heavy atom. The van der Waals surface area contributed by atoms with Crippen LogP contribution in [0.5, 0.6) is 0 Å². The molecule has 0 aromatic heterocycles. The SMILES string of the molecule is C=CCOCC(COCCOCCOCCN=[N+]=[N-])(COCCOCCOCCOCOC)COCCOCCOCCOCOC. The molecule has 278 valence electrons. The van der Waals surface area contributed by atoms with Gasteiger partial charge in [0, 0.05) is 25.7 Å². The van der Waals surface area contributed by atoms with Crippen LogP contribution < -0.4 is 0 Å². The summed E-state index contributed by atoms with van der Waals surface area (Å²) in [7, 11) is 3.14. The molecule has 0 radical (unpaired) electrons. The molecule has 0 atom stereocenters. The van der Waals surface area contributed by atoms with Gasteiger partial charge in [-0.05, 0) is 5.53 Å². The van der Waals surface area contributed by atoms with Crippen LogP contribution in [0.3, 0.4) is 0 Å². The van der Waals surface area contributed by atoms with Gasteiger partial charge in [0.1, 0.15) is 13.6 Å². The molecule has 0 saturated carbocycles. The van der Waals surface area contributed by atoms with Crippen LogP contribution in [0.15, 0.2) is 17.8 Å². The minimum atomic E-state index is -0.593. The van der Waals surface area contributed by atoms with Gasteiger partial charge in [-0.25, -0.2) is 0 Å². The van der Waals surface area contributed by atoms with Gasteiger partial charge in [0.2, 0.25) is 0 Å². The maximum atomic E-state index is 8.28. The predicted octanol–water partition coefficient (Wildman–Crippen LogP) is 1.88. The minimum absolute atomic E-state index is 0.245. The van der Waals surface area contributed by atoms with E-state index in [9.17, 15) is 0 Å². The van der Waals surface area contributed by atoms with E-state index in [0.29, 0.717) is 145 Å². The fourth-order valence-corrected chi connectivity index (χ4v) is 3.46. The Kier molecular flexibility index (Phi) is 37.7. The molecular weight excluding hydrogens is 626 g/mol. The molecule has 0 bridgehead atoms. The van der Waals surface area contributed by atoms with Crippen molar-refractivity contribution in [2.24, 2.45) is 10.5 Å². The average molecular weight is 686 g/mol. The summed E-state index contributed by atoms with van der Waals surface area (Å²) in [6, 6.07) is 0. The number of hydrogen-bond donors (Lipinski definition) is 0. The van der Waals surface area contributed by atoms with Gasteiger partial charge in [0.25, 0.3) is 0 Å². The zero-order valence-corrected chi connectivity index (χ0v) is 28.5. The quantitative estimate of drug-likeness (QED) is 0.0227. The van der Waals surface area contributed by atoms with Gasteiger partial charge in [0.05, 0.1) is 151 Å². The summed E-state index contributed by atoms with van der Waals surface area (Å²) in [5.41, 5.74) is 7.69. The van der Waals surface area contributed by atoms with E-state index in [0.717, 1.165) is 0 Å². The van der Waals surface area contributed by atoms with Crippen LogP contribution in [0, 0.1) is 5.41 Å². The van der Waals surface area contributed by atoms with Gasteiger partial charge >= 0.3 is 0 Å². The molecule has 17 heteroatoms. The molecule has 17 nitrogen and oxygen atoms in total. The molecular formula is C30H59N3O14. The molecule has 0 fully saturated rings. The van der Waals surface area contributed by atoms with E-state index >= 15 is 0 Å². The van der Waals surface area contributed by atoms with E-state index in [2.05, 4.69) is 16.6 Å². The first-order chi connectivity index (χ1) is 23.2. The summed E-state index contributed by atoms with van der Waals surface area (Å²) in [5.74, 6) is 0. The largest absolute Gasteiger partial charge is 0.379 e. The van der Waals surface area contributed by atoms with Crippen LogP contribution in [0.25, 0.3) is 10.4 Å². The van der Waals surface area contributed by atoms with E-state index in [1.54, 1.807) is 20.3 Å². The van der Waals surface area contributed by atoms with E-state index in [1.807, 2.05) is 0 Å². The summed E-state index contributed by atoms with van der Waals surface area (Å²) >= 11 is 0. The lowest BCUT2D eigenvalue weighted by molar-refractivity contribution is -0.117. The number of ether oxygens (including phenoxy) is 14. The Labute approximate surface area is 279 Å². The van der Waals surface area contributed by atoms with Crippen molar-refractivity contribution in [3.8, 4) is 0 Å². The van der Waals surface area contributed by atoms with Crippen LogP contribution in [0.4, 0.5) is 0 Å². The van der Waals surface area contributed by atoms with Crippen LogP contribution in [0.2, 0.25) is 0 Å². The number of rotatable bonds is 41. The van der Waals surface area contributed by atoms with E-state index < -0.39 is 5.41 Å². The molecule has 0 rings (SSSR count). The smallest absolute Gasteiger partial charge is 0.146 e. The van der Waals surface area contributed by atoms with Crippen molar-refractivity contribution >= 4 is 0 Å². The van der Waals surface area contributed by atoms with E-state index in [-0.39, 0.29) is 20.1 Å². The topological polar surface area (TPSA) is 178 Å². The summed E-state index contributed by atoms with van der Waals surface area (Å²) in [6.07, 6.45) is 1.69. The molecule has 0 saturated heterocycles. The average Bonchev–Trinajstić information content (AvgIpc) is 3.08. The van der Waals surface area contributed by atoms with Crippen molar-refractivity contribution in [3.63, 3.8) is 0 Å². The van der Waals surface area contributed by atoms with Crippen molar-refractivity contribution in [3.05, 3.63) is 23.1 Å². The van der Waals surface area contributed by atoms with Gasteiger partial charge in [-0.2, -0.15) is 0 Å². The lowest BCUT2D eigenvalue weighted by atomic mass is 9.92. The normalized spacial score (nSPS) is 11.6. The highest BCUT2D eigenvalue weighted by Gasteiger charge is 2.32. The van der Waals surface area contributed by atoms with Crippen LogP contribution >= 0.6 is 0 Å². The van der Waals surface area contributed by atoms with E-state index in [4.69, 9.17) is 71.8 Å². The lowest BCUT2D eigenvalue weighted by Gasteiger charge is -2.33. The van der Waals surface area contributed by atoms with Crippen molar-refractivity contribution in [2.45, 2.75) is 0 Å². The second kappa shape index (κ2) is 38.9. The maximum Gasteiger partial charge on any atom is 0.146 e. The summed E-state index contributed by atoms with van der Waals surface area (Å²) in [6.45, 7) is 13.3. The highest BCUT2D eigenvalue weighted by atomic mass is 16.7. The van der Waals surface area contributed by atoms with Crippen LogP contribution in [0.1, 0.15) is 0 Å². The predicted molar refractivity (Wildman–Crippen MR) is 170 cm³/mol. The molecule has 0 aliphatic heterocycles. The fourth-order valence-electron chi connectivity index (χ4n) is 3.46. The molecule has 0 amide bonds. The standard InChI is InChI=1S/C30H59N3O14/c1-4-6-42-24-30(25-43-19-14-37-9-8-36-7-5-32-33-31,26-44-20-15-38-10-12-40-17-22-46-28-34-2)27-45-21-16-39-11-13-41-18-23-47-29-35-3/h4H,1,5-29H2,2-3H3. The Balaban J connectivity index is 4.57. The molecule has 0 aromatic rings. The fraction of sp³-hybridized carbons (Fsp3) is 0.933. The number of azide groups is 1. The van der Waals surface area contributed by atoms with Crippen molar-refractivity contribution in [2.75, 3.05) is 180 Å². The Hall–Kier alpha value is -1.51. The summed E-state index contributed by atoms with van der Waals surface area (Å²) in [4.78, 5) is 2.68. The molecule has 0 spiro atoms. The van der Waals surface area contributed by atoms with E-state index in [1.165, 1.54) is 0 Å². The minimum Gasteiger partial charge on any atom is -0.379 e. The molecule has 0 N–H and O–H groups in total. The summed E-state index contributed by atoms with van der Waals surface area (Å²) in [5, 5.41) is 3.41. The van der Waals surface area contributed by atoms with Gasteiger partial charge in [0.15, 0.2) is 0 Å². The zero-order valence-electron chi connectivity index (χ0n) is 28.5. The van der Waals surface area contributed by atoms with Crippen molar-refractivity contribution in [1.29, 1.82) is 0 Å². The van der Waals surface area contributed by atoms with Crippen molar-refractivity contribution in [1.82, 2.24) is 0 Å². The first-order valence-corrected chi connectivity index (χ1v) is 15.8. The lowest BCUT2D eigenvalue weighted by Crippen LogP contribution is -2.42. The maximum absolute atomic E-state index is 8.28. The molecule has 0 aliphatic carbocycles.